The third kappa shape index (κ3) is 12.0. The van der Waals surface area contributed by atoms with Gasteiger partial charge >= 0.3 is 16.8 Å². The van der Waals surface area contributed by atoms with Gasteiger partial charge in [0.05, 0.1) is 49.2 Å². The molecular formula is C56H52CoN4O4S4. The predicted octanol–water partition coefficient (Wildman–Crippen LogP) is 13.4. The minimum absolute atomic E-state index is 0. The standard InChI is InChI=1S/C56H52N4O4S4.Co/c65-29-5-25-61-41-13-1-9-37(33-41)53-45-17-19-47(57-45)54(38-10-2-14-42(34-38)62-26-6-30-66)49-21-23-51(59-49)56(40-12-4-16-44(36-40)64-28-8-32-68)52-24-22-50(60-52)55(48-20-18-46(53)58-48)39-11-3-15-43(35-39)63-27-7-31-67;/h1-4,9-24,33-36H,5-8,25-32H2,(H4-2,57,58,59,60,65,66,67,68);/q-2;+2. The van der Waals surface area contributed by atoms with Gasteiger partial charge in [-0.05, 0) is 166 Å². The fourth-order valence-electron chi connectivity index (χ4n) is 8.25. The van der Waals surface area contributed by atoms with Crippen LogP contribution in [-0.4, -0.2) is 59.4 Å². The Kier molecular flexibility index (Phi) is 17.7. The van der Waals surface area contributed by atoms with Crippen LogP contribution >= 0.6 is 50.5 Å². The monoisotopic (exact) mass is 1030 g/mol. The Morgan fingerprint density at radius 1 is 0.348 bits per heavy atom. The van der Waals surface area contributed by atoms with Crippen molar-refractivity contribution in [3.63, 3.8) is 0 Å². The summed E-state index contributed by atoms with van der Waals surface area (Å²) in [4.78, 5) is 21.9. The molecule has 0 aliphatic carbocycles. The summed E-state index contributed by atoms with van der Waals surface area (Å²) in [5.74, 6) is 5.99. The third-order valence-corrected chi connectivity index (χ3v) is 12.6. The Labute approximate surface area is 436 Å². The first-order valence-corrected chi connectivity index (χ1v) is 25.5. The first-order valence-electron chi connectivity index (χ1n) is 23.0. The Bertz CT molecular complexity index is 2730. The Morgan fingerprint density at radius 2 is 0.594 bits per heavy atom. The van der Waals surface area contributed by atoms with E-state index in [0.29, 0.717) is 26.4 Å². The molecule has 0 saturated heterocycles. The zero-order chi connectivity index (χ0) is 46.7. The molecule has 0 atom stereocenters. The van der Waals surface area contributed by atoms with E-state index in [9.17, 15) is 0 Å². The molecule has 0 unspecified atom stereocenters. The smallest absolute Gasteiger partial charge is 0.657 e. The molecule has 353 valence electrons. The maximum atomic E-state index is 6.22. The molecule has 4 aromatic carbocycles. The number of fused-ring (bicyclic) bond motifs is 8. The van der Waals surface area contributed by atoms with Gasteiger partial charge in [0.15, 0.2) is 0 Å². The molecule has 2 aliphatic rings. The van der Waals surface area contributed by atoms with Crippen molar-refractivity contribution in [2.45, 2.75) is 25.7 Å². The van der Waals surface area contributed by atoms with E-state index in [-0.39, 0.29) is 16.8 Å². The van der Waals surface area contributed by atoms with Crippen LogP contribution in [0.4, 0.5) is 0 Å². The van der Waals surface area contributed by atoms with Crippen LogP contribution in [-0.2, 0) is 16.8 Å². The second-order valence-corrected chi connectivity index (χ2v) is 18.0. The molecule has 0 spiro atoms. The third-order valence-electron chi connectivity index (χ3n) is 11.4. The Hall–Kier alpha value is -5.41. The molecule has 8 bridgehead atoms. The SMILES string of the molecule is SCCCOc1cccc(-c2c3nc(c(-c4cccc(OCCCS)c4)c4ccc([n-]4)c(-c4cccc(OCCCS)c4)c4nc(c(-c5cccc(OCCCS)c5)c5ccc2[n-]5)C=C4)C=C3)c1.[Co+2]. The average Bonchev–Trinajstić information content (AvgIpc) is 4.21. The molecule has 1 radical (unpaired) electrons. The van der Waals surface area contributed by atoms with Crippen LogP contribution in [0.3, 0.4) is 0 Å². The van der Waals surface area contributed by atoms with Crippen molar-refractivity contribution in [3.8, 4) is 67.5 Å². The molecule has 0 N–H and O–H groups in total. The number of rotatable bonds is 20. The van der Waals surface area contributed by atoms with E-state index in [1.807, 2.05) is 48.5 Å². The normalized spacial score (nSPS) is 11.7. The summed E-state index contributed by atoms with van der Waals surface area (Å²) in [6.45, 7) is 2.24. The van der Waals surface area contributed by atoms with Crippen LogP contribution in [0.15, 0.2) is 121 Å². The van der Waals surface area contributed by atoms with Crippen LogP contribution in [0.5, 0.6) is 23.0 Å². The zero-order valence-corrected chi connectivity index (χ0v) is 42.5. The Morgan fingerprint density at radius 3 is 0.826 bits per heavy atom. The molecule has 69 heavy (non-hydrogen) atoms. The van der Waals surface area contributed by atoms with Gasteiger partial charge in [-0.3, -0.25) is 0 Å². The summed E-state index contributed by atoms with van der Waals surface area (Å²) < 4.78 is 24.9. The topological polar surface area (TPSA) is 90.9 Å². The van der Waals surface area contributed by atoms with E-state index in [4.69, 9.17) is 38.9 Å². The van der Waals surface area contributed by atoms with E-state index in [2.05, 4.69) is 148 Å². The summed E-state index contributed by atoms with van der Waals surface area (Å²) in [7, 11) is 0. The first kappa shape index (κ1) is 50.0. The number of aromatic nitrogens is 4. The van der Waals surface area contributed by atoms with Gasteiger partial charge in [-0.1, -0.05) is 72.8 Å². The molecule has 2 aliphatic heterocycles. The van der Waals surface area contributed by atoms with E-state index in [1.54, 1.807) is 0 Å². The number of thiol groups is 4. The molecule has 0 fully saturated rings. The van der Waals surface area contributed by atoms with Crippen molar-refractivity contribution in [3.05, 3.63) is 144 Å². The van der Waals surface area contributed by atoms with Crippen LogP contribution < -0.4 is 28.9 Å². The molecule has 13 heteroatoms. The minimum Gasteiger partial charge on any atom is -0.657 e. The summed E-state index contributed by atoms with van der Waals surface area (Å²) in [5.41, 5.74) is 13.2. The second-order valence-electron chi connectivity index (χ2n) is 16.2. The van der Waals surface area contributed by atoms with Crippen molar-refractivity contribution in [2.75, 3.05) is 49.4 Å². The minimum atomic E-state index is 0. The molecule has 0 amide bonds. The summed E-state index contributed by atoms with van der Waals surface area (Å²) in [6, 6.07) is 40.9. The fourth-order valence-corrected chi connectivity index (χ4v) is 8.77. The van der Waals surface area contributed by atoms with Crippen molar-refractivity contribution < 1.29 is 35.7 Å². The van der Waals surface area contributed by atoms with Gasteiger partial charge in [0.25, 0.3) is 0 Å². The van der Waals surface area contributed by atoms with Gasteiger partial charge in [0, 0.05) is 0 Å². The van der Waals surface area contributed by atoms with Crippen molar-refractivity contribution >= 4 is 96.9 Å². The van der Waals surface area contributed by atoms with E-state index < -0.39 is 0 Å². The summed E-state index contributed by atoms with van der Waals surface area (Å²) >= 11 is 17.6. The fraction of sp³-hybridized carbons (Fsp3) is 0.214. The van der Waals surface area contributed by atoms with Gasteiger partial charge < -0.3 is 28.9 Å². The molecule has 8 nitrogen and oxygen atoms in total. The maximum absolute atomic E-state index is 6.22. The van der Waals surface area contributed by atoms with Crippen LogP contribution in [0.1, 0.15) is 48.5 Å². The molecule has 5 heterocycles. The van der Waals surface area contributed by atoms with Crippen molar-refractivity contribution in [1.82, 2.24) is 19.9 Å². The van der Waals surface area contributed by atoms with Gasteiger partial charge in [-0.15, -0.1) is 22.1 Å². The predicted molar refractivity (Wildman–Crippen MR) is 294 cm³/mol. The number of ether oxygens (including phenoxy) is 4. The molecule has 9 rings (SSSR count). The van der Waals surface area contributed by atoms with E-state index >= 15 is 0 Å². The number of hydrogen-bond donors (Lipinski definition) is 4. The molecular weight excluding hydrogens is 980 g/mol. The van der Waals surface area contributed by atoms with Gasteiger partial charge in [0.1, 0.15) is 23.0 Å². The first-order chi connectivity index (χ1) is 33.5. The average molecular weight is 1030 g/mol. The largest absolute Gasteiger partial charge is 2.00 e. The van der Waals surface area contributed by atoms with Crippen LogP contribution in [0.25, 0.3) is 90.9 Å². The quantitative estimate of drug-likeness (QED) is 0.0443. The molecule has 0 saturated carbocycles. The number of hydrogen-bond acceptors (Lipinski definition) is 10. The Balaban J connectivity index is 0.00000642. The summed E-state index contributed by atoms with van der Waals surface area (Å²) in [6.07, 6.45) is 11.6. The van der Waals surface area contributed by atoms with E-state index in [0.717, 1.165) is 161 Å². The van der Waals surface area contributed by atoms with Crippen molar-refractivity contribution in [2.24, 2.45) is 0 Å². The molecule has 3 aromatic heterocycles. The second kappa shape index (κ2) is 24.4. The van der Waals surface area contributed by atoms with Gasteiger partial charge in [0.2, 0.25) is 0 Å². The van der Waals surface area contributed by atoms with Gasteiger partial charge in [-0.2, -0.15) is 50.5 Å². The maximum Gasteiger partial charge on any atom is 2.00 e. The molecule has 7 aromatic rings. The number of nitrogens with zero attached hydrogens (tertiary/aromatic N) is 4. The van der Waals surface area contributed by atoms with Crippen LogP contribution in [0, 0.1) is 0 Å². The summed E-state index contributed by atoms with van der Waals surface area (Å²) in [5, 5.41) is 0. The zero-order valence-electron chi connectivity index (χ0n) is 37.9. The van der Waals surface area contributed by atoms with Crippen molar-refractivity contribution in [1.29, 1.82) is 0 Å². The van der Waals surface area contributed by atoms with Crippen LogP contribution in [0.2, 0.25) is 0 Å². The van der Waals surface area contributed by atoms with Gasteiger partial charge in [-0.25, -0.2) is 9.97 Å². The number of benzene rings is 4. The van der Waals surface area contributed by atoms with E-state index in [1.165, 1.54) is 0 Å².